The largest absolute Gasteiger partial charge is 0.352 e. The molecule has 3 rings (SSSR count). The molecule has 0 bridgehead atoms. The van der Waals surface area contributed by atoms with Crippen molar-refractivity contribution in [3.63, 3.8) is 0 Å². The summed E-state index contributed by atoms with van der Waals surface area (Å²) in [4.78, 5) is 28.8. The lowest BCUT2D eigenvalue weighted by Gasteiger charge is -2.32. The Bertz CT molecular complexity index is 1100. The maximum absolute atomic E-state index is 13.7. The van der Waals surface area contributed by atoms with E-state index in [0.29, 0.717) is 16.5 Å². The highest BCUT2D eigenvalue weighted by Gasteiger charge is 2.31. The van der Waals surface area contributed by atoms with Crippen LogP contribution >= 0.6 is 23.2 Å². The summed E-state index contributed by atoms with van der Waals surface area (Å²) < 4.78 is 0. The Balaban J connectivity index is 1.98. The molecule has 0 saturated carbocycles. The molecule has 1 N–H and O–H groups in total. The van der Waals surface area contributed by atoms with Crippen LogP contribution in [0.3, 0.4) is 0 Å². The number of nitrogens with zero attached hydrogens (tertiary/aromatic N) is 1. The Hall–Kier alpha value is -2.82. The summed E-state index contributed by atoms with van der Waals surface area (Å²) in [6, 6.07) is 23.7. The fraction of sp³-hybridized carbons (Fsp3) is 0.286. The van der Waals surface area contributed by atoms with E-state index >= 15 is 0 Å². The van der Waals surface area contributed by atoms with Crippen LogP contribution in [0.1, 0.15) is 37.0 Å². The van der Waals surface area contributed by atoms with Crippen molar-refractivity contribution in [2.75, 3.05) is 0 Å². The maximum atomic E-state index is 13.7. The lowest BCUT2D eigenvalue weighted by molar-refractivity contribution is -0.141. The molecule has 2 atom stereocenters. The van der Waals surface area contributed by atoms with Crippen molar-refractivity contribution >= 4 is 35.0 Å². The summed E-state index contributed by atoms with van der Waals surface area (Å²) >= 11 is 12.6. The van der Waals surface area contributed by atoms with E-state index in [4.69, 9.17) is 23.2 Å². The van der Waals surface area contributed by atoms with Gasteiger partial charge in [0.15, 0.2) is 0 Å². The lowest BCUT2D eigenvalue weighted by Crippen LogP contribution is -2.52. The van der Waals surface area contributed by atoms with Gasteiger partial charge >= 0.3 is 0 Å². The second-order valence-electron chi connectivity index (χ2n) is 8.44. The molecule has 0 radical (unpaired) electrons. The van der Waals surface area contributed by atoms with Crippen LogP contribution in [-0.2, 0) is 29.0 Å². The van der Waals surface area contributed by atoms with E-state index in [-0.39, 0.29) is 30.8 Å². The van der Waals surface area contributed by atoms with Crippen LogP contribution in [0.25, 0.3) is 0 Å². The van der Waals surface area contributed by atoms with Crippen LogP contribution in [0.4, 0.5) is 0 Å². The number of hydrogen-bond donors (Lipinski definition) is 1. The number of rotatable bonds is 10. The quantitative estimate of drug-likeness (QED) is 0.369. The molecular weight excluding hydrogens is 467 g/mol. The minimum atomic E-state index is -0.689. The molecule has 0 aliphatic rings. The minimum Gasteiger partial charge on any atom is -0.352 e. The third kappa shape index (κ3) is 7.34. The van der Waals surface area contributed by atoms with Crippen LogP contribution < -0.4 is 5.32 Å². The van der Waals surface area contributed by atoms with Crippen LogP contribution in [0.15, 0.2) is 78.9 Å². The zero-order chi connectivity index (χ0) is 24.5. The monoisotopic (exact) mass is 496 g/mol. The number of nitrogens with one attached hydrogen (secondary N) is 1. The number of carbonyl (C=O) groups excluding carboxylic acids is 2. The van der Waals surface area contributed by atoms with E-state index in [0.717, 1.165) is 23.1 Å². The summed E-state index contributed by atoms with van der Waals surface area (Å²) in [6.07, 6.45) is 1.30. The number of hydrogen-bond acceptors (Lipinski definition) is 2. The molecule has 178 valence electrons. The molecule has 0 spiro atoms. The molecule has 0 fully saturated rings. The van der Waals surface area contributed by atoms with Gasteiger partial charge in [0, 0.05) is 29.1 Å². The van der Waals surface area contributed by atoms with Gasteiger partial charge in [-0.25, -0.2) is 0 Å². The van der Waals surface area contributed by atoms with Crippen molar-refractivity contribution in [2.45, 2.75) is 51.7 Å². The summed E-state index contributed by atoms with van der Waals surface area (Å²) in [5, 5.41) is 4.19. The molecule has 3 aromatic carbocycles. The Morgan fingerprint density at radius 1 is 0.912 bits per heavy atom. The lowest BCUT2D eigenvalue weighted by atomic mass is 10.0. The number of amides is 2. The third-order valence-corrected chi connectivity index (χ3v) is 6.42. The fourth-order valence-electron chi connectivity index (χ4n) is 3.73. The van der Waals surface area contributed by atoms with Gasteiger partial charge in [0.2, 0.25) is 11.8 Å². The summed E-state index contributed by atoms with van der Waals surface area (Å²) in [5.41, 5.74) is 2.56. The molecular formula is C28H30Cl2N2O2. The Labute approximate surface area is 211 Å². The van der Waals surface area contributed by atoms with E-state index in [1.807, 2.05) is 80.6 Å². The van der Waals surface area contributed by atoms with Gasteiger partial charge in [-0.2, -0.15) is 0 Å². The van der Waals surface area contributed by atoms with Crippen LogP contribution in [0.5, 0.6) is 0 Å². The molecule has 34 heavy (non-hydrogen) atoms. The van der Waals surface area contributed by atoms with Crippen molar-refractivity contribution in [1.82, 2.24) is 10.2 Å². The number of benzene rings is 3. The third-order valence-electron chi connectivity index (χ3n) is 5.81. The van der Waals surface area contributed by atoms with Crippen LogP contribution in [0, 0.1) is 0 Å². The first-order valence-electron chi connectivity index (χ1n) is 11.5. The normalized spacial score (nSPS) is 12.6. The Morgan fingerprint density at radius 2 is 1.59 bits per heavy atom. The molecule has 0 aliphatic carbocycles. The van der Waals surface area contributed by atoms with Gasteiger partial charge in [0.1, 0.15) is 6.04 Å². The zero-order valence-corrected chi connectivity index (χ0v) is 21.0. The van der Waals surface area contributed by atoms with Crippen molar-refractivity contribution in [3.8, 4) is 0 Å². The highest BCUT2D eigenvalue weighted by molar-refractivity contribution is 6.31. The summed E-state index contributed by atoms with van der Waals surface area (Å²) in [6.45, 7) is 4.24. The minimum absolute atomic E-state index is 0.00235. The van der Waals surface area contributed by atoms with Crippen LogP contribution in [-0.4, -0.2) is 28.8 Å². The summed E-state index contributed by atoms with van der Waals surface area (Å²) in [7, 11) is 0. The van der Waals surface area contributed by atoms with Gasteiger partial charge in [-0.3, -0.25) is 9.59 Å². The van der Waals surface area contributed by atoms with Crippen molar-refractivity contribution in [3.05, 3.63) is 106 Å². The van der Waals surface area contributed by atoms with Gasteiger partial charge in [-0.1, -0.05) is 90.8 Å². The van der Waals surface area contributed by atoms with E-state index in [1.54, 1.807) is 17.0 Å². The van der Waals surface area contributed by atoms with Gasteiger partial charge in [0.25, 0.3) is 0 Å². The van der Waals surface area contributed by atoms with Gasteiger partial charge in [-0.05, 0) is 48.2 Å². The first-order valence-corrected chi connectivity index (χ1v) is 12.2. The zero-order valence-electron chi connectivity index (χ0n) is 19.5. The first kappa shape index (κ1) is 25.8. The number of carbonyl (C=O) groups is 2. The van der Waals surface area contributed by atoms with Crippen molar-refractivity contribution in [1.29, 1.82) is 0 Å². The second-order valence-corrected chi connectivity index (χ2v) is 9.29. The molecule has 0 aliphatic heterocycles. The van der Waals surface area contributed by atoms with E-state index < -0.39 is 6.04 Å². The molecule has 0 saturated heterocycles. The smallest absolute Gasteiger partial charge is 0.243 e. The molecule has 4 nitrogen and oxygen atoms in total. The van der Waals surface area contributed by atoms with Gasteiger partial charge in [-0.15, -0.1) is 0 Å². The topological polar surface area (TPSA) is 49.4 Å². The fourth-order valence-corrected chi connectivity index (χ4v) is 4.15. The van der Waals surface area contributed by atoms with Gasteiger partial charge in [0.05, 0.1) is 6.42 Å². The summed E-state index contributed by atoms with van der Waals surface area (Å²) in [5.74, 6) is -0.346. The Kier molecular flexibility index (Phi) is 9.55. The predicted octanol–water partition coefficient (Wildman–Crippen LogP) is 6.09. The molecule has 6 heteroatoms. The van der Waals surface area contributed by atoms with Gasteiger partial charge < -0.3 is 10.2 Å². The average molecular weight is 497 g/mol. The SMILES string of the molecule is CC[C@H](C)NC(=O)[C@H](Cc1ccccc1)N(Cc1cccc(Cl)c1)C(=O)Cc1ccccc1Cl. The van der Waals surface area contributed by atoms with Crippen molar-refractivity contribution in [2.24, 2.45) is 0 Å². The second kappa shape index (κ2) is 12.6. The standard InChI is InChI=1S/C28H30Cl2N2O2/c1-3-20(2)31-28(34)26(17-21-10-5-4-6-11-21)32(19-22-12-9-14-24(29)16-22)27(33)18-23-13-7-8-15-25(23)30/h4-16,20,26H,3,17-19H2,1-2H3,(H,31,34)/t20-,26-/m0/s1. The first-order chi connectivity index (χ1) is 16.4. The molecule has 0 unspecified atom stereocenters. The molecule has 0 heterocycles. The highest BCUT2D eigenvalue weighted by Crippen LogP contribution is 2.21. The van der Waals surface area contributed by atoms with E-state index in [2.05, 4.69) is 5.32 Å². The highest BCUT2D eigenvalue weighted by atomic mass is 35.5. The van der Waals surface area contributed by atoms with E-state index in [1.165, 1.54) is 0 Å². The average Bonchev–Trinajstić information content (AvgIpc) is 2.83. The van der Waals surface area contributed by atoms with Crippen molar-refractivity contribution < 1.29 is 9.59 Å². The number of halogens is 2. The van der Waals surface area contributed by atoms with Crippen LogP contribution in [0.2, 0.25) is 10.0 Å². The maximum Gasteiger partial charge on any atom is 0.243 e. The molecule has 0 aromatic heterocycles. The predicted molar refractivity (Wildman–Crippen MR) is 139 cm³/mol. The Morgan fingerprint density at radius 3 is 2.26 bits per heavy atom. The molecule has 2 amide bonds. The molecule has 3 aromatic rings. The van der Waals surface area contributed by atoms with E-state index in [9.17, 15) is 9.59 Å².